The maximum atomic E-state index is 11.5. The number of para-hydroxylation sites is 2. The SMILES string of the molecule is O=C1CCCC/C1=N/Nc1ccccc1[N+](=O)[O-]. The van der Waals surface area contributed by atoms with Gasteiger partial charge in [-0.25, -0.2) is 0 Å². The molecule has 0 atom stereocenters. The van der Waals surface area contributed by atoms with Crippen molar-refractivity contribution in [2.24, 2.45) is 5.10 Å². The molecule has 0 radical (unpaired) electrons. The van der Waals surface area contributed by atoms with Gasteiger partial charge in [-0.15, -0.1) is 0 Å². The van der Waals surface area contributed by atoms with E-state index in [1.54, 1.807) is 18.2 Å². The van der Waals surface area contributed by atoms with Gasteiger partial charge in [-0.05, 0) is 25.3 Å². The molecule has 1 fully saturated rings. The molecule has 6 heteroatoms. The molecule has 1 aliphatic rings. The fourth-order valence-corrected chi connectivity index (χ4v) is 1.84. The van der Waals surface area contributed by atoms with Gasteiger partial charge in [0.2, 0.25) is 0 Å². The lowest BCUT2D eigenvalue weighted by atomic mass is 9.97. The quantitative estimate of drug-likeness (QED) is 0.656. The average Bonchev–Trinajstić information content (AvgIpc) is 2.38. The lowest BCUT2D eigenvalue weighted by Crippen LogP contribution is -2.19. The van der Waals surface area contributed by atoms with Crippen LogP contribution in [0.15, 0.2) is 29.4 Å². The molecule has 0 aliphatic heterocycles. The largest absolute Gasteiger partial charge is 0.294 e. The minimum Gasteiger partial charge on any atom is -0.293 e. The number of nitrogens with one attached hydrogen (secondary N) is 1. The number of Topliss-reactive ketones (excluding diaryl/α,β-unsaturated/α-hetero) is 1. The number of benzene rings is 1. The molecule has 0 heterocycles. The van der Waals surface area contributed by atoms with Gasteiger partial charge in [0.25, 0.3) is 5.69 Å². The van der Waals surface area contributed by atoms with E-state index in [0.29, 0.717) is 24.2 Å². The number of hydrogen-bond donors (Lipinski definition) is 1. The van der Waals surface area contributed by atoms with Crippen LogP contribution < -0.4 is 5.43 Å². The Morgan fingerprint density at radius 2 is 1.94 bits per heavy atom. The van der Waals surface area contributed by atoms with E-state index < -0.39 is 4.92 Å². The van der Waals surface area contributed by atoms with E-state index in [2.05, 4.69) is 10.5 Å². The molecule has 18 heavy (non-hydrogen) atoms. The standard InChI is InChI=1S/C12H13N3O3/c16-12-8-4-2-6-10(12)14-13-9-5-1-3-7-11(9)15(17)18/h1,3,5,7,13H,2,4,6,8H2/b14-10-. The molecule has 0 spiro atoms. The van der Waals surface area contributed by atoms with Gasteiger partial charge in [0.15, 0.2) is 5.78 Å². The summed E-state index contributed by atoms with van der Waals surface area (Å²) in [5, 5.41) is 14.8. The van der Waals surface area contributed by atoms with E-state index in [0.717, 1.165) is 12.8 Å². The van der Waals surface area contributed by atoms with Crippen LogP contribution in [0.1, 0.15) is 25.7 Å². The molecular formula is C12H13N3O3. The van der Waals surface area contributed by atoms with Crippen molar-refractivity contribution in [3.05, 3.63) is 34.4 Å². The van der Waals surface area contributed by atoms with Crippen molar-refractivity contribution in [2.75, 3.05) is 5.43 Å². The van der Waals surface area contributed by atoms with Gasteiger partial charge in [-0.1, -0.05) is 12.1 Å². The van der Waals surface area contributed by atoms with Crippen molar-refractivity contribution >= 4 is 22.9 Å². The van der Waals surface area contributed by atoms with Crippen molar-refractivity contribution in [3.8, 4) is 0 Å². The summed E-state index contributed by atoms with van der Waals surface area (Å²) in [6.07, 6.45) is 2.97. The van der Waals surface area contributed by atoms with E-state index in [1.165, 1.54) is 6.07 Å². The number of nitro groups is 1. The van der Waals surface area contributed by atoms with Gasteiger partial charge in [0, 0.05) is 12.5 Å². The zero-order valence-electron chi connectivity index (χ0n) is 9.76. The van der Waals surface area contributed by atoms with Crippen LogP contribution in [-0.2, 0) is 4.79 Å². The molecule has 0 aromatic heterocycles. The molecule has 1 aromatic rings. The van der Waals surface area contributed by atoms with Crippen molar-refractivity contribution in [3.63, 3.8) is 0 Å². The smallest absolute Gasteiger partial charge is 0.293 e. The van der Waals surface area contributed by atoms with Crippen LogP contribution in [0.5, 0.6) is 0 Å². The second-order valence-electron chi connectivity index (χ2n) is 4.07. The second kappa shape index (κ2) is 5.39. The van der Waals surface area contributed by atoms with E-state index >= 15 is 0 Å². The Morgan fingerprint density at radius 3 is 2.67 bits per heavy atom. The van der Waals surface area contributed by atoms with Crippen LogP contribution in [0, 0.1) is 10.1 Å². The molecule has 0 amide bonds. The number of nitro benzene ring substituents is 1. The van der Waals surface area contributed by atoms with E-state index in [1.807, 2.05) is 0 Å². The maximum absolute atomic E-state index is 11.5. The Bertz CT molecular complexity index is 511. The third-order valence-corrected chi connectivity index (χ3v) is 2.80. The van der Waals surface area contributed by atoms with Gasteiger partial charge in [0.05, 0.1) is 4.92 Å². The van der Waals surface area contributed by atoms with Gasteiger partial charge < -0.3 is 0 Å². The lowest BCUT2D eigenvalue weighted by molar-refractivity contribution is -0.384. The van der Waals surface area contributed by atoms with E-state index in [4.69, 9.17) is 0 Å². The van der Waals surface area contributed by atoms with E-state index in [-0.39, 0.29) is 11.5 Å². The predicted octanol–water partition coefficient (Wildman–Crippen LogP) is 2.51. The normalized spacial score (nSPS) is 17.8. The molecule has 1 aliphatic carbocycles. The first-order valence-electron chi connectivity index (χ1n) is 5.77. The van der Waals surface area contributed by atoms with Crippen LogP contribution in [0.3, 0.4) is 0 Å². The summed E-state index contributed by atoms with van der Waals surface area (Å²) in [5.74, 6) is 0.0207. The van der Waals surface area contributed by atoms with Crippen LogP contribution in [0.2, 0.25) is 0 Å². The number of anilines is 1. The van der Waals surface area contributed by atoms with Gasteiger partial charge >= 0.3 is 0 Å². The van der Waals surface area contributed by atoms with E-state index in [9.17, 15) is 14.9 Å². The number of rotatable bonds is 3. The monoisotopic (exact) mass is 247 g/mol. The summed E-state index contributed by atoms with van der Waals surface area (Å²) >= 11 is 0. The lowest BCUT2D eigenvalue weighted by Gasteiger charge is -2.11. The third kappa shape index (κ3) is 2.71. The molecule has 6 nitrogen and oxygen atoms in total. The van der Waals surface area contributed by atoms with Crippen molar-refractivity contribution in [1.82, 2.24) is 0 Å². The molecular weight excluding hydrogens is 234 g/mol. The summed E-state index contributed by atoms with van der Waals surface area (Å²) in [6.45, 7) is 0. The Kier molecular flexibility index (Phi) is 3.66. The van der Waals surface area contributed by atoms with Crippen molar-refractivity contribution in [2.45, 2.75) is 25.7 Å². The Balaban J connectivity index is 2.17. The molecule has 0 unspecified atom stereocenters. The predicted molar refractivity (Wildman–Crippen MR) is 67.6 cm³/mol. The fraction of sp³-hybridized carbons (Fsp3) is 0.333. The Labute approximate surface area is 104 Å². The van der Waals surface area contributed by atoms with Crippen LogP contribution in [0.25, 0.3) is 0 Å². The topological polar surface area (TPSA) is 84.6 Å². The van der Waals surface area contributed by atoms with Crippen molar-refractivity contribution < 1.29 is 9.72 Å². The fourth-order valence-electron chi connectivity index (χ4n) is 1.84. The molecule has 0 bridgehead atoms. The highest BCUT2D eigenvalue weighted by Crippen LogP contribution is 2.23. The van der Waals surface area contributed by atoms with Gasteiger partial charge in [-0.2, -0.15) is 5.10 Å². The number of carbonyl (C=O) groups is 1. The van der Waals surface area contributed by atoms with Crippen LogP contribution in [0.4, 0.5) is 11.4 Å². The zero-order chi connectivity index (χ0) is 13.0. The van der Waals surface area contributed by atoms with Gasteiger partial charge in [0.1, 0.15) is 11.4 Å². The first kappa shape index (κ1) is 12.2. The molecule has 94 valence electrons. The molecule has 1 saturated carbocycles. The first-order chi connectivity index (χ1) is 8.68. The number of nitrogens with zero attached hydrogens (tertiary/aromatic N) is 2. The van der Waals surface area contributed by atoms with Crippen molar-refractivity contribution in [1.29, 1.82) is 0 Å². The summed E-state index contributed by atoms with van der Waals surface area (Å²) in [7, 11) is 0. The second-order valence-corrected chi connectivity index (χ2v) is 4.07. The summed E-state index contributed by atoms with van der Waals surface area (Å²) in [4.78, 5) is 21.8. The molecule has 1 N–H and O–H groups in total. The highest BCUT2D eigenvalue weighted by Gasteiger charge is 2.17. The molecule has 0 saturated heterocycles. The zero-order valence-corrected chi connectivity index (χ0v) is 9.76. The Hall–Kier alpha value is -2.24. The van der Waals surface area contributed by atoms with Gasteiger partial charge in [-0.3, -0.25) is 20.3 Å². The average molecular weight is 247 g/mol. The molecule has 1 aromatic carbocycles. The minimum atomic E-state index is -0.481. The van der Waals surface area contributed by atoms with Crippen LogP contribution in [-0.4, -0.2) is 16.4 Å². The summed E-state index contributed by atoms with van der Waals surface area (Å²) in [6, 6.07) is 6.22. The first-order valence-corrected chi connectivity index (χ1v) is 5.77. The minimum absolute atomic E-state index is 0.0207. The number of ketones is 1. The maximum Gasteiger partial charge on any atom is 0.294 e. The summed E-state index contributed by atoms with van der Waals surface area (Å²) in [5.41, 5.74) is 3.34. The Morgan fingerprint density at radius 1 is 1.22 bits per heavy atom. The molecule has 2 rings (SSSR count). The number of carbonyl (C=O) groups excluding carboxylic acids is 1. The third-order valence-electron chi connectivity index (χ3n) is 2.80. The highest BCUT2D eigenvalue weighted by atomic mass is 16.6. The number of hydrazone groups is 1. The summed E-state index contributed by atoms with van der Waals surface area (Å²) < 4.78 is 0. The number of hydrogen-bond acceptors (Lipinski definition) is 5. The highest BCUT2D eigenvalue weighted by molar-refractivity contribution is 6.40. The van der Waals surface area contributed by atoms with Crippen LogP contribution >= 0.6 is 0 Å².